The van der Waals surface area contributed by atoms with Gasteiger partial charge < -0.3 is 0 Å². The lowest BCUT2D eigenvalue weighted by Crippen LogP contribution is -2.37. The van der Waals surface area contributed by atoms with Crippen molar-refractivity contribution >= 4 is 95.6 Å². The van der Waals surface area contributed by atoms with E-state index in [1.165, 1.54) is 11.1 Å². The van der Waals surface area contributed by atoms with E-state index in [1.807, 2.05) is 0 Å². The highest BCUT2D eigenvalue weighted by Crippen LogP contribution is 2.41. The fourth-order valence-electron chi connectivity index (χ4n) is 2.55. The van der Waals surface area contributed by atoms with E-state index in [0.717, 1.165) is 0 Å². The SMILES string of the molecule is BrC(Br)C(Br)C(Br)C(Br)C(Br)C(c1ccccc1)c1ccccc1. The van der Waals surface area contributed by atoms with Gasteiger partial charge in [-0.3, -0.25) is 0 Å². The minimum absolute atomic E-state index is 0.182. The molecule has 0 heterocycles. The summed E-state index contributed by atoms with van der Waals surface area (Å²) in [6.45, 7) is 0. The van der Waals surface area contributed by atoms with Gasteiger partial charge in [-0.15, -0.1) is 0 Å². The summed E-state index contributed by atoms with van der Waals surface area (Å²) >= 11 is 22.6. The topological polar surface area (TPSA) is 0 Å². The molecule has 2 aromatic rings. The molecule has 0 amide bonds. The van der Waals surface area contributed by atoms with Gasteiger partial charge in [0.25, 0.3) is 0 Å². The van der Waals surface area contributed by atoms with Gasteiger partial charge in [-0.2, -0.15) is 0 Å². The second kappa shape index (κ2) is 10.6. The van der Waals surface area contributed by atoms with E-state index in [2.05, 4.69) is 156 Å². The Morgan fingerprint density at radius 2 is 0.833 bits per heavy atom. The Kier molecular flexibility index (Phi) is 9.55. The summed E-state index contributed by atoms with van der Waals surface area (Å²) in [4.78, 5) is 0.880. The molecule has 0 spiro atoms. The molecule has 0 N–H and O–H groups in total. The monoisotopic (exact) mass is 706 g/mol. The normalized spacial score (nSPS) is 16.8. The van der Waals surface area contributed by atoms with Gasteiger partial charge in [0.15, 0.2) is 0 Å². The van der Waals surface area contributed by atoms with Crippen molar-refractivity contribution in [2.45, 2.75) is 29.0 Å². The lowest BCUT2D eigenvalue weighted by Gasteiger charge is -2.32. The Morgan fingerprint density at radius 1 is 0.458 bits per heavy atom. The number of hydrogen-bond acceptors (Lipinski definition) is 0. The van der Waals surface area contributed by atoms with E-state index in [1.54, 1.807) is 0 Å². The van der Waals surface area contributed by atoms with Crippen molar-refractivity contribution < 1.29 is 0 Å². The minimum Gasteiger partial charge on any atom is -0.0868 e. The van der Waals surface area contributed by atoms with E-state index in [-0.39, 0.29) is 29.0 Å². The van der Waals surface area contributed by atoms with Crippen molar-refractivity contribution in [1.82, 2.24) is 0 Å². The van der Waals surface area contributed by atoms with Gasteiger partial charge in [0.05, 0.1) is 8.56 Å². The number of halogens is 6. The van der Waals surface area contributed by atoms with Crippen molar-refractivity contribution in [1.29, 1.82) is 0 Å². The molecular formula is C18H16Br6. The van der Waals surface area contributed by atoms with Crippen LogP contribution in [-0.2, 0) is 0 Å². The molecule has 0 aliphatic heterocycles. The summed E-state index contributed by atoms with van der Waals surface area (Å²) in [6, 6.07) is 21.3. The average molecular weight is 712 g/mol. The molecule has 130 valence electrons. The maximum atomic E-state index is 3.97. The summed E-state index contributed by atoms with van der Waals surface area (Å²) in [6.07, 6.45) is 0. The molecule has 0 bridgehead atoms. The number of hydrogen-bond donors (Lipinski definition) is 0. The maximum absolute atomic E-state index is 3.97. The van der Waals surface area contributed by atoms with E-state index in [9.17, 15) is 0 Å². The van der Waals surface area contributed by atoms with Crippen molar-refractivity contribution in [3.63, 3.8) is 0 Å². The summed E-state index contributed by atoms with van der Waals surface area (Å²) in [5.41, 5.74) is 2.60. The molecule has 24 heavy (non-hydrogen) atoms. The molecule has 4 atom stereocenters. The van der Waals surface area contributed by atoms with Crippen molar-refractivity contribution in [2.24, 2.45) is 0 Å². The van der Waals surface area contributed by atoms with Gasteiger partial charge in [0.1, 0.15) is 0 Å². The first-order valence-corrected chi connectivity index (χ1v) is 12.9. The molecule has 2 aromatic carbocycles. The predicted molar refractivity (Wildman–Crippen MR) is 127 cm³/mol. The van der Waals surface area contributed by atoms with Gasteiger partial charge in [-0.05, 0) is 11.1 Å². The molecule has 2 rings (SSSR count). The highest BCUT2D eigenvalue weighted by molar-refractivity contribution is 9.25. The van der Waals surface area contributed by atoms with Crippen LogP contribution in [0.5, 0.6) is 0 Å². The first-order chi connectivity index (χ1) is 11.4. The molecule has 4 unspecified atom stereocenters. The van der Waals surface area contributed by atoms with Crippen molar-refractivity contribution in [2.75, 3.05) is 0 Å². The Morgan fingerprint density at radius 3 is 1.21 bits per heavy atom. The molecule has 0 saturated heterocycles. The molecular weight excluding hydrogens is 696 g/mol. The molecule has 0 radical (unpaired) electrons. The van der Waals surface area contributed by atoms with E-state index in [0.29, 0.717) is 0 Å². The van der Waals surface area contributed by atoms with Gasteiger partial charge in [-0.1, -0.05) is 156 Å². The molecule has 0 nitrogen and oxygen atoms in total. The van der Waals surface area contributed by atoms with Crippen molar-refractivity contribution in [3.05, 3.63) is 71.8 Å². The molecule has 0 fully saturated rings. The summed E-state index contributed by atoms with van der Waals surface area (Å²) < 4.78 is 0.182. The second-order valence-electron chi connectivity index (χ2n) is 5.41. The quantitative estimate of drug-likeness (QED) is 0.256. The van der Waals surface area contributed by atoms with Crippen molar-refractivity contribution in [3.8, 4) is 0 Å². The third kappa shape index (κ3) is 5.66. The van der Waals surface area contributed by atoms with Crippen LogP contribution in [0.1, 0.15) is 17.0 Å². The number of benzene rings is 2. The van der Waals surface area contributed by atoms with Gasteiger partial charge >= 0.3 is 0 Å². The molecule has 0 aliphatic carbocycles. The first-order valence-electron chi connectivity index (χ1n) is 7.37. The molecule has 6 heteroatoms. The Bertz CT molecular complexity index is 564. The average Bonchev–Trinajstić information content (AvgIpc) is 2.61. The predicted octanol–water partition coefficient (Wildman–Crippen LogP) is 7.99. The third-order valence-electron chi connectivity index (χ3n) is 3.79. The zero-order valence-electron chi connectivity index (χ0n) is 12.5. The van der Waals surface area contributed by atoms with E-state index < -0.39 is 0 Å². The van der Waals surface area contributed by atoms with Crippen LogP contribution in [0.2, 0.25) is 0 Å². The highest BCUT2D eigenvalue weighted by Gasteiger charge is 2.36. The Balaban J connectivity index is 2.33. The third-order valence-corrected chi connectivity index (χ3v) is 13.0. The van der Waals surface area contributed by atoms with Gasteiger partial charge in [0.2, 0.25) is 0 Å². The van der Waals surface area contributed by atoms with Crippen LogP contribution in [0.4, 0.5) is 0 Å². The maximum Gasteiger partial charge on any atom is 0.0833 e. The highest BCUT2D eigenvalue weighted by atomic mass is 79.9. The fraction of sp³-hybridized carbons (Fsp3) is 0.333. The Hall–Kier alpha value is 1.32. The number of rotatable bonds is 7. The zero-order valence-corrected chi connectivity index (χ0v) is 22.0. The lowest BCUT2D eigenvalue weighted by atomic mass is 9.86. The van der Waals surface area contributed by atoms with Gasteiger partial charge in [0, 0.05) is 20.4 Å². The largest absolute Gasteiger partial charge is 0.0868 e. The summed E-state index contributed by atoms with van der Waals surface area (Å²) in [5.74, 6) is 0.251. The zero-order chi connectivity index (χ0) is 17.7. The van der Waals surface area contributed by atoms with Gasteiger partial charge in [-0.25, -0.2) is 0 Å². The second-order valence-corrected chi connectivity index (χ2v) is 12.8. The van der Waals surface area contributed by atoms with Crippen LogP contribution in [0.15, 0.2) is 60.7 Å². The lowest BCUT2D eigenvalue weighted by molar-refractivity contribution is 0.690. The van der Waals surface area contributed by atoms with Crippen LogP contribution < -0.4 is 0 Å². The minimum atomic E-state index is 0.182. The van der Waals surface area contributed by atoms with Crippen LogP contribution in [0, 0.1) is 0 Å². The standard InChI is InChI=1S/C18H16Br6/c19-14(15(20)16(21)17(22)18(23)24)13(11-7-3-1-4-8-11)12-9-5-2-6-10-12/h1-10,13-18H. The molecule has 0 aromatic heterocycles. The summed E-state index contributed by atoms with van der Waals surface area (Å²) in [7, 11) is 0. The fourth-order valence-corrected chi connectivity index (χ4v) is 7.39. The van der Waals surface area contributed by atoms with Crippen LogP contribution in [-0.4, -0.2) is 23.0 Å². The summed E-state index contributed by atoms with van der Waals surface area (Å²) in [5, 5.41) is 0. The molecule has 0 aliphatic rings. The van der Waals surface area contributed by atoms with Crippen LogP contribution in [0.3, 0.4) is 0 Å². The van der Waals surface area contributed by atoms with E-state index >= 15 is 0 Å². The smallest absolute Gasteiger partial charge is 0.0833 e. The Labute approximate surface area is 194 Å². The molecule has 0 saturated carbocycles. The first kappa shape index (κ1) is 21.6. The van der Waals surface area contributed by atoms with E-state index in [4.69, 9.17) is 0 Å². The van der Waals surface area contributed by atoms with Crippen LogP contribution >= 0.6 is 95.6 Å². The van der Waals surface area contributed by atoms with Crippen LogP contribution in [0.25, 0.3) is 0 Å². The number of alkyl halides is 6.